The maximum atomic E-state index is 13.4. The quantitative estimate of drug-likeness (QED) is 0.168. The molecule has 0 aliphatic carbocycles. The van der Waals surface area contributed by atoms with Crippen LogP contribution in [0.25, 0.3) is 43.0 Å². The molecule has 286 valence electrons. The van der Waals surface area contributed by atoms with Gasteiger partial charge in [-0.15, -0.1) is 22.7 Å². The summed E-state index contributed by atoms with van der Waals surface area (Å²) in [6, 6.07) is 23.6. The fourth-order valence-electron chi connectivity index (χ4n) is 4.96. The van der Waals surface area contributed by atoms with Crippen LogP contribution in [-0.4, -0.2) is 28.0 Å². The molecule has 3 aromatic carbocycles. The smallest absolute Gasteiger partial charge is 0.230 e. The first kappa shape index (κ1) is 41.2. The van der Waals surface area contributed by atoms with Crippen LogP contribution in [0, 0.1) is 0 Å². The molecule has 0 saturated heterocycles. The Hall–Kier alpha value is -3.39. The van der Waals surface area contributed by atoms with Crippen molar-refractivity contribution in [2.24, 2.45) is 5.14 Å². The van der Waals surface area contributed by atoms with E-state index in [0.717, 1.165) is 36.6 Å². The van der Waals surface area contributed by atoms with E-state index in [0.29, 0.717) is 25.2 Å². The number of alkyl halides is 6. The fraction of sp³-hybridized carbons (Fsp3) is 0.0588. The maximum Gasteiger partial charge on any atom is 0.435 e. The second-order valence-electron chi connectivity index (χ2n) is 11.2. The van der Waals surface area contributed by atoms with E-state index in [1.807, 2.05) is 0 Å². The van der Waals surface area contributed by atoms with Gasteiger partial charge in [0.15, 0.2) is 11.4 Å². The summed E-state index contributed by atoms with van der Waals surface area (Å²) in [4.78, 5) is 1.64. The van der Waals surface area contributed by atoms with E-state index in [2.05, 4.69) is 26.1 Å². The summed E-state index contributed by atoms with van der Waals surface area (Å²) in [5.41, 5.74) is -0.610. The Bertz CT molecular complexity index is 2660. The molecule has 7 rings (SSSR count). The zero-order valence-electron chi connectivity index (χ0n) is 26.8. The Morgan fingerprint density at radius 3 is 1.55 bits per heavy atom. The van der Waals surface area contributed by atoms with Crippen molar-refractivity contribution < 1.29 is 34.8 Å². The predicted molar refractivity (Wildman–Crippen MR) is 208 cm³/mol. The summed E-state index contributed by atoms with van der Waals surface area (Å²) >= 11 is 30.0. The number of hydrogen-bond donors (Lipinski definition) is 1. The van der Waals surface area contributed by atoms with Crippen LogP contribution >= 0.6 is 85.0 Å². The highest BCUT2D eigenvalue weighted by molar-refractivity contribution is 9.11. The molecule has 0 bridgehead atoms. The lowest BCUT2D eigenvalue weighted by Crippen LogP contribution is -2.11. The van der Waals surface area contributed by atoms with Gasteiger partial charge in [0, 0.05) is 14.9 Å². The molecule has 0 fully saturated rings. The number of nitrogens with zero attached hydrogens (tertiary/aromatic N) is 4. The number of nitrogens with two attached hydrogens (primary N) is 1. The monoisotopic (exact) mass is 957 g/mol. The SMILES string of the molecule is FC(F)(F)c1cc(-c2ccc(Br)s2)n(-c2cc(Cl)ccc2Cl)n1.NS(=O)(=O)c1cccc(-c2ccc(-c3cc(C(F)(F)F)nn3-c3cc(Cl)ccc3Cl)s2)c1. The van der Waals surface area contributed by atoms with Gasteiger partial charge in [0.05, 0.1) is 51.2 Å². The van der Waals surface area contributed by atoms with E-state index in [1.54, 1.807) is 36.4 Å². The van der Waals surface area contributed by atoms with Crippen molar-refractivity contribution in [1.29, 1.82) is 0 Å². The first-order valence-electron chi connectivity index (χ1n) is 14.9. The van der Waals surface area contributed by atoms with Gasteiger partial charge >= 0.3 is 12.4 Å². The molecule has 0 saturated carbocycles. The molecule has 7 nitrogen and oxygen atoms in total. The van der Waals surface area contributed by atoms with Crippen LogP contribution in [0.1, 0.15) is 11.4 Å². The van der Waals surface area contributed by atoms with Gasteiger partial charge in [0.25, 0.3) is 0 Å². The number of benzene rings is 3. The molecule has 21 heteroatoms. The van der Waals surface area contributed by atoms with Gasteiger partial charge in [0.1, 0.15) is 0 Å². The minimum Gasteiger partial charge on any atom is -0.230 e. The number of halogens is 11. The fourth-order valence-corrected chi connectivity index (χ4v) is 8.64. The molecule has 0 aliphatic rings. The molecule has 0 spiro atoms. The molecule has 55 heavy (non-hydrogen) atoms. The van der Waals surface area contributed by atoms with E-state index < -0.39 is 33.8 Å². The summed E-state index contributed by atoms with van der Waals surface area (Å²) < 4.78 is 106. The van der Waals surface area contributed by atoms with Crippen molar-refractivity contribution in [3.8, 4) is 43.0 Å². The lowest BCUT2D eigenvalue weighted by atomic mass is 10.2. The van der Waals surface area contributed by atoms with Gasteiger partial charge in [-0.05, 0) is 106 Å². The van der Waals surface area contributed by atoms with Crippen LogP contribution in [-0.2, 0) is 22.4 Å². The van der Waals surface area contributed by atoms with Crippen LogP contribution in [0.4, 0.5) is 26.3 Å². The summed E-state index contributed by atoms with van der Waals surface area (Å²) in [6.45, 7) is 0. The third-order valence-electron chi connectivity index (χ3n) is 7.40. The van der Waals surface area contributed by atoms with Crippen molar-refractivity contribution in [3.63, 3.8) is 0 Å². The Morgan fingerprint density at radius 1 is 0.618 bits per heavy atom. The summed E-state index contributed by atoms with van der Waals surface area (Å²) in [5.74, 6) is 0. The Balaban J connectivity index is 0.000000197. The van der Waals surface area contributed by atoms with Crippen molar-refractivity contribution >= 4 is 95.0 Å². The molecule has 0 radical (unpaired) electrons. The lowest BCUT2D eigenvalue weighted by molar-refractivity contribution is -0.142. The minimum absolute atomic E-state index is 0.0694. The highest BCUT2D eigenvalue weighted by Crippen LogP contribution is 2.41. The maximum absolute atomic E-state index is 13.4. The largest absolute Gasteiger partial charge is 0.435 e. The van der Waals surface area contributed by atoms with E-state index in [9.17, 15) is 34.8 Å². The number of primary sulfonamides is 1. The van der Waals surface area contributed by atoms with Crippen LogP contribution in [0.2, 0.25) is 20.1 Å². The average Bonchev–Trinajstić information content (AvgIpc) is 3.92. The lowest BCUT2D eigenvalue weighted by Gasteiger charge is -2.09. The molecule has 0 unspecified atom stereocenters. The second-order valence-corrected chi connectivity index (χ2v) is 18.0. The zero-order valence-corrected chi connectivity index (χ0v) is 33.9. The highest BCUT2D eigenvalue weighted by atomic mass is 79.9. The van der Waals surface area contributed by atoms with E-state index >= 15 is 0 Å². The number of thiophene rings is 2. The van der Waals surface area contributed by atoms with Crippen LogP contribution in [0.5, 0.6) is 0 Å². The minimum atomic E-state index is -4.67. The molecule has 7 aromatic rings. The van der Waals surface area contributed by atoms with Crippen molar-refractivity contribution in [2.45, 2.75) is 17.2 Å². The van der Waals surface area contributed by atoms with Gasteiger partial charge in [0.2, 0.25) is 10.0 Å². The zero-order chi connectivity index (χ0) is 40.0. The molecule has 4 aromatic heterocycles. The number of hydrogen-bond acceptors (Lipinski definition) is 6. The van der Waals surface area contributed by atoms with Crippen molar-refractivity contribution in [2.75, 3.05) is 0 Å². The molecule has 0 atom stereocenters. The standard InChI is InChI=1S/C20H12Cl2F3N3O2S2.C14H6BrCl2F3N2S/c21-12-4-5-14(22)15(9-12)28-16(10-19(27-28)20(23,24)25)18-7-6-17(31-18)11-2-1-3-13(8-11)32(26,29)30;15-13-4-3-11(23-13)10-6-12(14(18,19)20)21-22(10)9-5-7(16)1-2-8(9)17/h1-10H,(H2,26,29,30);1-6H. The summed E-state index contributed by atoms with van der Waals surface area (Å²) in [7, 11) is -3.90. The summed E-state index contributed by atoms with van der Waals surface area (Å²) in [6.07, 6.45) is -9.23. The predicted octanol–water partition coefficient (Wildman–Crippen LogP) is 12.9. The third kappa shape index (κ3) is 9.43. The Labute approximate surface area is 344 Å². The Morgan fingerprint density at radius 2 is 1.09 bits per heavy atom. The number of rotatable bonds is 6. The Kier molecular flexibility index (Phi) is 11.9. The molecule has 0 aliphatic heterocycles. The van der Waals surface area contributed by atoms with Gasteiger partial charge in [-0.1, -0.05) is 58.5 Å². The average molecular weight is 960 g/mol. The first-order valence-corrected chi connectivity index (χ1v) is 20.4. The highest BCUT2D eigenvalue weighted by Gasteiger charge is 2.37. The van der Waals surface area contributed by atoms with Crippen molar-refractivity contribution in [1.82, 2.24) is 19.6 Å². The van der Waals surface area contributed by atoms with E-state index in [4.69, 9.17) is 51.5 Å². The van der Waals surface area contributed by atoms with Gasteiger partial charge in [-0.25, -0.2) is 22.9 Å². The van der Waals surface area contributed by atoms with Crippen LogP contribution < -0.4 is 5.14 Å². The molecular weight excluding hydrogens is 942 g/mol. The van der Waals surface area contributed by atoms with Crippen molar-refractivity contribution in [3.05, 3.63) is 132 Å². The van der Waals surface area contributed by atoms with Crippen LogP contribution in [0.15, 0.2) is 106 Å². The van der Waals surface area contributed by atoms with E-state index in [1.165, 1.54) is 59.9 Å². The van der Waals surface area contributed by atoms with Gasteiger partial charge in [-0.2, -0.15) is 36.5 Å². The summed E-state index contributed by atoms with van der Waals surface area (Å²) in [5, 5.41) is 13.6. The normalized spacial score (nSPS) is 12.1. The second kappa shape index (κ2) is 15.9. The molecule has 2 N–H and O–H groups in total. The van der Waals surface area contributed by atoms with Gasteiger partial charge < -0.3 is 0 Å². The number of sulfonamides is 1. The topological polar surface area (TPSA) is 95.8 Å². The van der Waals surface area contributed by atoms with E-state index in [-0.39, 0.29) is 42.7 Å². The molecule has 0 amide bonds. The molecular formula is C34H18BrCl4F6N5O2S3. The van der Waals surface area contributed by atoms with Crippen LogP contribution in [0.3, 0.4) is 0 Å². The third-order valence-corrected chi connectivity index (χ3v) is 12.2. The first-order chi connectivity index (χ1) is 25.7. The number of aromatic nitrogens is 4. The molecule has 4 heterocycles. The van der Waals surface area contributed by atoms with Gasteiger partial charge in [-0.3, -0.25) is 0 Å².